The summed E-state index contributed by atoms with van der Waals surface area (Å²) in [5.74, 6) is 0.839. The number of carbonyl (C=O) groups is 1. The fourth-order valence-corrected chi connectivity index (χ4v) is 3.42. The molecule has 3 aromatic rings. The largest absolute Gasteiger partial charge is 0.497 e. The van der Waals surface area contributed by atoms with Gasteiger partial charge < -0.3 is 15.2 Å². The van der Waals surface area contributed by atoms with Crippen molar-refractivity contribution < 1.29 is 27.4 Å². The van der Waals surface area contributed by atoms with Crippen LogP contribution in [0.1, 0.15) is 18.3 Å². The molecule has 11 heteroatoms. The zero-order valence-corrected chi connectivity index (χ0v) is 17.4. The molecule has 0 spiro atoms. The number of amides is 1. The first-order chi connectivity index (χ1) is 14.7. The number of rotatable bonds is 8. The minimum absolute atomic E-state index is 0.0684. The van der Waals surface area contributed by atoms with Crippen LogP contribution in [0.15, 0.2) is 53.7 Å². The minimum Gasteiger partial charge on any atom is -0.497 e. The number of halogens is 3. The maximum absolute atomic E-state index is 13.2. The van der Waals surface area contributed by atoms with Gasteiger partial charge in [0.2, 0.25) is 5.91 Å². The van der Waals surface area contributed by atoms with E-state index in [0.717, 1.165) is 23.9 Å². The summed E-state index contributed by atoms with van der Waals surface area (Å²) in [5.41, 5.74) is 4.69. The number of alkyl halides is 3. The molecule has 1 aromatic heterocycles. The van der Waals surface area contributed by atoms with Crippen LogP contribution in [0, 0.1) is 0 Å². The fraction of sp³-hybridized carbons (Fsp3) is 0.250. The molecule has 1 atom stereocenters. The zero-order chi connectivity index (χ0) is 22.6. The normalized spacial score (nSPS) is 12.4. The van der Waals surface area contributed by atoms with Gasteiger partial charge >= 0.3 is 6.18 Å². The molecule has 0 saturated carbocycles. The summed E-state index contributed by atoms with van der Waals surface area (Å²) in [4.78, 5) is 11.5. The lowest BCUT2D eigenvalue weighted by Crippen LogP contribution is -2.23. The summed E-state index contributed by atoms with van der Waals surface area (Å²) >= 11 is 0.995. The van der Waals surface area contributed by atoms with Crippen molar-refractivity contribution >= 4 is 17.7 Å². The fourth-order valence-electron chi connectivity index (χ4n) is 2.59. The topological polar surface area (TPSA) is 92.3 Å². The lowest BCUT2D eigenvalue weighted by atomic mass is 10.2. The van der Waals surface area contributed by atoms with Crippen molar-refractivity contribution in [2.75, 3.05) is 7.11 Å². The SMILES string of the molecule is COc1ccc(OCc2nnc(S[C@H](C)C(N)=O)n2-c2cccc(C(F)(F)F)c2)cc1. The summed E-state index contributed by atoms with van der Waals surface area (Å²) in [5, 5.41) is 7.65. The van der Waals surface area contributed by atoms with E-state index in [4.69, 9.17) is 15.2 Å². The van der Waals surface area contributed by atoms with Crippen LogP contribution in [0.3, 0.4) is 0 Å². The van der Waals surface area contributed by atoms with Crippen LogP contribution in [0.5, 0.6) is 11.5 Å². The number of primary amides is 1. The summed E-state index contributed by atoms with van der Waals surface area (Å²) in [6.45, 7) is 1.51. The van der Waals surface area contributed by atoms with Crippen molar-refractivity contribution in [2.45, 2.75) is 30.1 Å². The van der Waals surface area contributed by atoms with Gasteiger partial charge in [-0.2, -0.15) is 13.2 Å². The predicted octanol–water partition coefficient (Wildman–Crippen LogP) is 3.84. The number of aromatic nitrogens is 3. The van der Waals surface area contributed by atoms with Gasteiger partial charge in [-0.1, -0.05) is 17.8 Å². The maximum atomic E-state index is 13.2. The molecule has 3 rings (SSSR count). The van der Waals surface area contributed by atoms with Gasteiger partial charge in [-0.05, 0) is 49.4 Å². The number of nitrogens with two attached hydrogens (primary N) is 1. The Labute approximate surface area is 180 Å². The van der Waals surface area contributed by atoms with Crippen molar-refractivity contribution in [2.24, 2.45) is 5.73 Å². The summed E-state index contributed by atoms with van der Waals surface area (Å²) in [6, 6.07) is 11.5. The third-order valence-corrected chi connectivity index (χ3v) is 5.30. The molecule has 0 aliphatic carbocycles. The number of hydrogen-bond donors (Lipinski definition) is 1. The molecule has 2 N–H and O–H groups in total. The van der Waals surface area contributed by atoms with Gasteiger partial charge in [-0.3, -0.25) is 9.36 Å². The van der Waals surface area contributed by atoms with E-state index >= 15 is 0 Å². The lowest BCUT2D eigenvalue weighted by Gasteiger charge is -2.14. The number of carbonyl (C=O) groups excluding carboxylic acids is 1. The minimum atomic E-state index is -4.52. The molecule has 1 amide bonds. The average Bonchev–Trinajstić information content (AvgIpc) is 3.14. The van der Waals surface area contributed by atoms with E-state index in [9.17, 15) is 18.0 Å². The second-order valence-corrected chi connectivity index (χ2v) is 7.72. The first kappa shape index (κ1) is 22.5. The van der Waals surface area contributed by atoms with Gasteiger partial charge in [-0.15, -0.1) is 10.2 Å². The van der Waals surface area contributed by atoms with Crippen molar-refractivity contribution in [1.82, 2.24) is 14.8 Å². The van der Waals surface area contributed by atoms with Crippen LogP contribution in [-0.2, 0) is 17.6 Å². The van der Waals surface area contributed by atoms with Crippen LogP contribution in [-0.4, -0.2) is 33.0 Å². The number of methoxy groups -OCH3 is 1. The Kier molecular flexibility index (Phi) is 6.74. The summed E-state index contributed by atoms with van der Waals surface area (Å²) in [6.07, 6.45) is -4.52. The van der Waals surface area contributed by atoms with Gasteiger partial charge in [-0.25, -0.2) is 0 Å². The Morgan fingerprint density at radius 2 is 1.84 bits per heavy atom. The first-order valence-corrected chi connectivity index (χ1v) is 9.91. The van der Waals surface area contributed by atoms with Crippen molar-refractivity contribution in [3.63, 3.8) is 0 Å². The highest BCUT2D eigenvalue weighted by molar-refractivity contribution is 8.00. The van der Waals surface area contributed by atoms with Gasteiger partial charge in [0.15, 0.2) is 11.0 Å². The zero-order valence-electron chi connectivity index (χ0n) is 16.6. The molecule has 2 aromatic carbocycles. The van der Waals surface area contributed by atoms with Crippen LogP contribution in [0.2, 0.25) is 0 Å². The van der Waals surface area contributed by atoms with Crippen LogP contribution < -0.4 is 15.2 Å². The molecular weight excluding hydrogens is 433 g/mol. The van der Waals surface area contributed by atoms with Crippen LogP contribution >= 0.6 is 11.8 Å². The molecule has 7 nitrogen and oxygen atoms in total. The highest BCUT2D eigenvalue weighted by atomic mass is 32.2. The quantitative estimate of drug-likeness (QED) is 0.522. The highest BCUT2D eigenvalue weighted by Gasteiger charge is 2.31. The van der Waals surface area contributed by atoms with Crippen molar-refractivity contribution in [3.05, 3.63) is 59.9 Å². The third kappa shape index (κ3) is 5.48. The average molecular weight is 452 g/mol. The molecule has 164 valence electrons. The first-order valence-electron chi connectivity index (χ1n) is 9.04. The molecule has 31 heavy (non-hydrogen) atoms. The highest BCUT2D eigenvalue weighted by Crippen LogP contribution is 2.32. The Balaban J connectivity index is 1.95. The van der Waals surface area contributed by atoms with E-state index in [1.54, 1.807) is 38.3 Å². The number of thioether (sulfide) groups is 1. The molecule has 1 heterocycles. The van der Waals surface area contributed by atoms with Gasteiger partial charge in [0, 0.05) is 0 Å². The molecule has 0 aliphatic heterocycles. The molecule has 0 unspecified atom stereocenters. The Morgan fingerprint density at radius 1 is 1.16 bits per heavy atom. The second-order valence-electron chi connectivity index (χ2n) is 6.41. The maximum Gasteiger partial charge on any atom is 0.416 e. The van der Waals surface area contributed by atoms with Crippen LogP contribution in [0.25, 0.3) is 5.69 Å². The van der Waals surface area contributed by atoms with E-state index in [-0.39, 0.29) is 23.3 Å². The molecule has 0 aliphatic rings. The molecule has 0 radical (unpaired) electrons. The number of benzene rings is 2. The third-order valence-electron chi connectivity index (χ3n) is 4.24. The molecule has 0 saturated heterocycles. The predicted molar refractivity (Wildman–Crippen MR) is 108 cm³/mol. The molecule has 0 bridgehead atoms. The van der Waals surface area contributed by atoms with Crippen LogP contribution in [0.4, 0.5) is 13.2 Å². The Hall–Kier alpha value is -3.21. The lowest BCUT2D eigenvalue weighted by molar-refractivity contribution is -0.137. The van der Waals surface area contributed by atoms with Gasteiger partial charge in [0.05, 0.1) is 23.6 Å². The number of ether oxygens (including phenoxy) is 2. The smallest absolute Gasteiger partial charge is 0.416 e. The van der Waals surface area contributed by atoms with E-state index in [0.29, 0.717) is 11.5 Å². The van der Waals surface area contributed by atoms with Crippen molar-refractivity contribution in [1.29, 1.82) is 0 Å². The Bertz CT molecular complexity index is 1050. The van der Waals surface area contributed by atoms with Gasteiger partial charge in [0.1, 0.15) is 18.1 Å². The van der Waals surface area contributed by atoms with E-state index in [1.165, 1.54) is 16.7 Å². The molecular formula is C20H19F3N4O3S. The van der Waals surface area contributed by atoms with E-state index in [1.807, 2.05) is 0 Å². The standard InChI is InChI=1S/C20H19F3N4O3S/c1-12(18(24)28)31-19-26-25-17(11-30-16-8-6-15(29-2)7-9-16)27(19)14-5-3-4-13(10-14)20(21,22)23/h3-10,12H,11H2,1-2H3,(H2,24,28)/t12-/m1/s1. The second kappa shape index (κ2) is 9.29. The molecule has 0 fully saturated rings. The summed E-state index contributed by atoms with van der Waals surface area (Å²) in [7, 11) is 1.54. The van der Waals surface area contributed by atoms with Crippen molar-refractivity contribution in [3.8, 4) is 17.2 Å². The van der Waals surface area contributed by atoms with E-state index in [2.05, 4.69) is 10.2 Å². The number of hydrogen-bond acceptors (Lipinski definition) is 6. The Morgan fingerprint density at radius 3 is 2.45 bits per heavy atom. The monoisotopic (exact) mass is 452 g/mol. The summed E-state index contributed by atoms with van der Waals surface area (Å²) < 4.78 is 51.9. The van der Waals surface area contributed by atoms with Gasteiger partial charge in [0.25, 0.3) is 0 Å². The number of nitrogens with zero attached hydrogens (tertiary/aromatic N) is 3. The van der Waals surface area contributed by atoms with E-state index < -0.39 is 22.9 Å².